The van der Waals surface area contributed by atoms with Gasteiger partial charge in [-0.1, -0.05) is 32.0 Å². The molecule has 138 valence electrons. The van der Waals surface area contributed by atoms with Crippen molar-refractivity contribution in [2.24, 2.45) is 10.9 Å². The Bertz CT molecular complexity index is 622. The summed E-state index contributed by atoms with van der Waals surface area (Å²) < 4.78 is 19.8. The Labute approximate surface area is 150 Å². The van der Waals surface area contributed by atoms with Crippen molar-refractivity contribution in [3.05, 3.63) is 29.8 Å². The van der Waals surface area contributed by atoms with Gasteiger partial charge in [-0.3, -0.25) is 4.99 Å². The monoisotopic (exact) mass is 348 g/mol. The van der Waals surface area contributed by atoms with Gasteiger partial charge in [0.2, 0.25) is 0 Å². The van der Waals surface area contributed by atoms with Gasteiger partial charge in [-0.2, -0.15) is 0 Å². The van der Waals surface area contributed by atoms with Gasteiger partial charge in [0.15, 0.2) is 0 Å². The zero-order valence-corrected chi connectivity index (χ0v) is 15.8. The SMILES string of the molecule is CC(C)c1ccccc1/N=C/C1CCN(C(=O)OC(C)(C)C)C[C@@H]1F. The van der Waals surface area contributed by atoms with E-state index in [9.17, 15) is 9.18 Å². The van der Waals surface area contributed by atoms with Gasteiger partial charge in [-0.25, -0.2) is 9.18 Å². The first-order valence-electron chi connectivity index (χ1n) is 8.92. The van der Waals surface area contributed by atoms with Crippen LogP contribution in [0.2, 0.25) is 0 Å². The lowest BCUT2D eigenvalue weighted by atomic mass is 9.96. The highest BCUT2D eigenvalue weighted by molar-refractivity contribution is 5.71. The second kappa shape index (κ2) is 7.98. The zero-order chi connectivity index (χ0) is 18.6. The molecule has 0 aliphatic carbocycles. The van der Waals surface area contributed by atoms with E-state index in [-0.39, 0.29) is 12.5 Å². The Balaban J connectivity index is 1.99. The fourth-order valence-electron chi connectivity index (χ4n) is 2.85. The van der Waals surface area contributed by atoms with Crippen molar-refractivity contribution < 1.29 is 13.9 Å². The van der Waals surface area contributed by atoms with Crippen molar-refractivity contribution in [1.82, 2.24) is 4.90 Å². The van der Waals surface area contributed by atoms with E-state index in [1.54, 1.807) is 6.21 Å². The summed E-state index contributed by atoms with van der Waals surface area (Å²) in [4.78, 5) is 18.0. The molecule has 1 aromatic carbocycles. The smallest absolute Gasteiger partial charge is 0.410 e. The molecule has 1 unspecified atom stereocenters. The van der Waals surface area contributed by atoms with Gasteiger partial charge in [0, 0.05) is 18.7 Å². The van der Waals surface area contributed by atoms with Crippen molar-refractivity contribution in [3.8, 4) is 0 Å². The van der Waals surface area contributed by atoms with Crippen LogP contribution in [-0.2, 0) is 4.74 Å². The molecule has 1 saturated heterocycles. The lowest BCUT2D eigenvalue weighted by Gasteiger charge is -2.34. The molecule has 0 radical (unpaired) electrons. The highest BCUT2D eigenvalue weighted by atomic mass is 19.1. The van der Waals surface area contributed by atoms with E-state index in [2.05, 4.69) is 24.9 Å². The quantitative estimate of drug-likeness (QED) is 0.713. The van der Waals surface area contributed by atoms with Crippen LogP contribution in [0.1, 0.15) is 52.5 Å². The summed E-state index contributed by atoms with van der Waals surface area (Å²) in [5.74, 6) is 0.0856. The first-order valence-corrected chi connectivity index (χ1v) is 8.92. The molecular formula is C20H29FN2O2. The Morgan fingerprint density at radius 2 is 2.04 bits per heavy atom. The zero-order valence-electron chi connectivity index (χ0n) is 15.8. The number of aliphatic imine (C=N–C) groups is 1. The largest absolute Gasteiger partial charge is 0.444 e. The topological polar surface area (TPSA) is 41.9 Å². The van der Waals surface area contributed by atoms with Crippen LogP contribution in [0.5, 0.6) is 0 Å². The third-order valence-electron chi connectivity index (χ3n) is 4.21. The minimum atomic E-state index is -1.13. The number of nitrogens with zero attached hydrogens (tertiary/aromatic N) is 2. The van der Waals surface area contributed by atoms with Crippen LogP contribution in [0.25, 0.3) is 0 Å². The third-order valence-corrected chi connectivity index (χ3v) is 4.21. The van der Waals surface area contributed by atoms with Gasteiger partial charge in [0.25, 0.3) is 0 Å². The average molecular weight is 348 g/mol. The number of alkyl halides is 1. The molecule has 0 bridgehead atoms. The van der Waals surface area contributed by atoms with Crippen LogP contribution in [-0.4, -0.2) is 42.1 Å². The van der Waals surface area contributed by atoms with Crippen LogP contribution >= 0.6 is 0 Å². The molecule has 4 nitrogen and oxygen atoms in total. The lowest BCUT2D eigenvalue weighted by molar-refractivity contribution is 0.0106. The number of hydrogen-bond donors (Lipinski definition) is 0. The normalized spacial score (nSPS) is 21.8. The first-order chi connectivity index (χ1) is 11.7. The van der Waals surface area contributed by atoms with Crippen LogP contribution < -0.4 is 0 Å². The molecule has 1 heterocycles. The van der Waals surface area contributed by atoms with Crippen LogP contribution in [0.3, 0.4) is 0 Å². The number of likely N-dealkylation sites (tertiary alicyclic amines) is 1. The number of benzene rings is 1. The molecule has 0 saturated carbocycles. The molecular weight excluding hydrogens is 319 g/mol. The molecule has 5 heteroatoms. The van der Waals surface area contributed by atoms with Gasteiger partial charge >= 0.3 is 6.09 Å². The molecule has 1 fully saturated rings. The summed E-state index contributed by atoms with van der Waals surface area (Å²) in [6.45, 7) is 10.2. The summed E-state index contributed by atoms with van der Waals surface area (Å²) >= 11 is 0. The Hall–Kier alpha value is -1.91. The van der Waals surface area contributed by atoms with E-state index in [0.29, 0.717) is 18.9 Å². The van der Waals surface area contributed by atoms with Crippen molar-refractivity contribution in [3.63, 3.8) is 0 Å². The maximum Gasteiger partial charge on any atom is 0.410 e. The minimum Gasteiger partial charge on any atom is -0.444 e. The summed E-state index contributed by atoms with van der Waals surface area (Å²) in [5.41, 5.74) is 1.47. The Morgan fingerprint density at radius 1 is 1.36 bits per heavy atom. The summed E-state index contributed by atoms with van der Waals surface area (Å²) in [7, 11) is 0. The van der Waals surface area contributed by atoms with Crippen LogP contribution in [0, 0.1) is 5.92 Å². The number of carbonyl (C=O) groups is 1. The molecule has 0 N–H and O–H groups in total. The van der Waals surface area contributed by atoms with E-state index < -0.39 is 17.9 Å². The van der Waals surface area contributed by atoms with E-state index >= 15 is 0 Å². The minimum absolute atomic E-state index is 0.0530. The first kappa shape index (κ1) is 19.4. The number of rotatable bonds is 3. The van der Waals surface area contributed by atoms with E-state index in [4.69, 9.17) is 4.74 Å². The molecule has 1 aromatic rings. The summed E-state index contributed by atoms with van der Waals surface area (Å²) in [6, 6.07) is 7.94. The maximum atomic E-state index is 14.5. The van der Waals surface area contributed by atoms with Crippen molar-refractivity contribution in [2.45, 2.75) is 58.7 Å². The molecule has 1 aliphatic rings. The fourth-order valence-corrected chi connectivity index (χ4v) is 2.85. The molecule has 0 spiro atoms. The predicted octanol–water partition coefficient (Wildman–Crippen LogP) is 5.11. The number of amides is 1. The maximum absolute atomic E-state index is 14.5. The van der Waals surface area contributed by atoms with Gasteiger partial charge in [-0.05, 0) is 44.7 Å². The molecule has 25 heavy (non-hydrogen) atoms. The highest BCUT2D eigenvalue weighted by Gasteiger charge is 2.32. The van der Waals surface area contributed by atoms with E-state index in [1.807, 2.05) is 39.0 Å². The Morgan fingerprint density at radius 3 is 2.64 bits per heavy atom. The van der Waals surface area contributed by atoms with E-state index in [1.165, 1.54) is 4.90 Å². The van der Waals surface area contributed by atoms with Crippen molar-refractivity contribution in [1.29, 1.82) is 0 Å². The van der Waals surface area contributed by atoms with Crippen molar-refractivity contribution in [2.75, 3.05) is 13.1 Å². The third kappa shape index (κ3) is 5.55. The predicted molar refractivity (Wildman–Crippen MR) is 99.5 cm³/mol. The van der Waals surface area contributed by atoms with Gasteiger partial charge < -0.3 is 9.64 Å². The molecule has 2 atom stereocenters. The number of ether oxygens (including phenoxy) is 1. The van der Waals surface area contributed by atoms with Crippen molar-refractivity contribution >= 4 is 18.0 Å². The molecule has 2 rings (SSSR count). The van der Waals surface area contributed by atoms with Gasteiger partial charge in [-0.15, -0.1) is 0 Å². The van der Waals surface area contributed by atoms with Gasteiger partial charge in [0.05, 0.1) is 12.2 Å². The molecule has 1 amide bonds. The molecule has 1 aliphatic heterocycles. The standard InChI is InChI=1S/C20H29FN2O2/c1-14(2)16-8-6-7-9-18(16)22-12-15-10-11-23(13-17(15)21)19(24)25-20(3,4)5/h6-9,12,14-15,17H,10-11,13H2,1-5H3/b22-12+/t15?,17-/m0/s1. The number of piperidine rings is 1. The van der Waals surface area contributed by atoms with Gasteiger partial charge in [0.1, 0.15) is 11.8 Å². The second-order valence-corrected chi connectivity index (χ2v) is 7.89. The number of halogens is 1. The van der Waals surface area contributed by atoms with Crippen LogP contribution in [0.4, 0.5) is 14.9 Å². The second-order valence-electron chi connectivity index (χ2n) is 7.89. The van der Waals surface area contributed by atoms with Crippen LogP contribution in [0.15, 0.2) is 29.3 Å². The number of hydrogen-bond acceptors (Lipinski definition) is 3. The summed E-state index contributed by atoms with van der Waals surface area (Å²) in [5, 5.41) is 0. The average Bonchev–Trinajstić information content (AvgIpc) is 2.52. The molecule has 0 aromatic heterocycles. The highest BCUT2D eigenvalue weighted by Crippen LogP contribution is 2.27. The Kier molecular flexibility index (Phi) is 6.20. The lowest BCUT2D eigenvalue weighted by Crippen LogP contribution is -2.47. The number of carbonyl (C=O) groups excluding carboxylic acids is 1. The number of para-hydroxylation sites is 1. The summed E-state index contributed by atoms with van der Waals surface area (Å²) in [6.07, 6.45) is 0.679. The van der Waals surface area contributed by atoms with E-state index in [0.717, 1.165) is 11.3 Å². The fraction of sp³-hybridized carbons (Fsp3) is 0.600.